The number of rotatable bonds is 11. The van der Waals surface area contributed by atoms with Crippen LogP contribution in [0.15, 0.2) is 72.8 Å². The molecule has 3 aromatic rings. The van der Waals surface area contributed by atoms with Crippen LogP contribution in [0, 0.1) is 0 Å². The van der Waals surface area contributed by atoms with E-state index in [0.717, 1.165) is 13.1 Å². The summed E-state index contributed by atoms with van der Waals surface area (Å²) in [5.41, 5.74) is 2.75. The first-order chi connectivity index (χ1) is 16.0. The number of hydrogen-bond acceptors (Lipinski definition) is 6. The van der Waals surface area contributed by atoms with E-state index in [-0.39, 0.29) is 6.10 Å². The predicted molar refractivity (Wildman–Crippen MR) is 128 cm³/mol. The van der Waals surface area contributed by atoms with Crippen molar-refractivity contribution in [3.8, 4) is 17.2 Å². The Hall–Kier alpha value is -3.51. The van der Waals surface area contributed by atoms with Gasteiger partial charge in [0.15, 0.2) is 11.5 Å². The fourth-order valence-electron chi connectivity index (χ4n) is 3.72. The fourth-order valence-corrected chi connectivity index (χ4v) is 3.72. The lowest BCUT2D eigenvalue weighted by Crippen LogP contribution is -2.33. The van der Waals surface area contributed by atoms with Crippen molar-refractivity contribution in [2.24, 2.45) is 0 Å². The van der Waals surface area contributed by atoms with Gasteiger partial charge < -0.3 is 18.9 Å². The van der Waals surface area contributed by atoms with Gasteiger partial charge in [-0.2, -0.15) is 0 Å². The maximum atomic E-state index is 12.9. The van der Waals surface area contributed by atoms with Crippen molar-refractivity contribution in [3.05, 3.63) is 89.5 Å². The molecule has 33 heavy (non-hydrogen) atoms. The van der Waals surface area contributed by atoms with Gasteiger partial charge in [0, 0.05) is 19.6 Å². The van der Waals surface area contributed by atoms with E-state index in [0.29, 0.717) is 29.4 Å². The minimum atomic E-state index is -0.443. The third-order valence-electron chi connectivity index (χ3n) is 5.22. The summed E-state index contributed by atoms with van der Waals surface area (Å²) in [4.78, 5) is 15.2. The van der Waals surface area contributed by atoms with Crippen LogP contribution in [0.5, 0.6) is 17.2 Å². The van der Waals surface area contributed by atoms with Crippen LogP contribution in [0.4, 0.5) is 0 Å². The molecule has 1 unspecified atom stereocenters. The van der Waals surface area contributed by atoms with Crippen LogP contribution in [-0.2, 0) is 17.8 Å². The first-order valence-corrected chi connectivity index (χ1v) is 10.8. The van der Waals surface area contributed by atoms with E-state index in [9.17, 15) is 4.79 Å². The van der Waals surface area contributed by atoms with Crippen molar-refractivity contribution >= 4 is 5.97 Å². The lowest BCUT2D eigenvalue weighted by atomic mass is 10.1. The van der Waals surface area contributed by atoms with Gasteiger partial charge in [-0.3, -0.25) is 4.90 Å². The van der Waals surface area contributed by atoms with E-state index in [4.69, 9.17) is 18.9 Å². The second-order valence-electron chi connectivity index (χ2n) is 7.77. The van der Waals surface area contributed by atoms with Crippen molar-refractivity contribution < 1.29 is 23.7 Å². The van der Waals surface area contributed by atoms with Crippen molar-refractivity contribution in [3.63, 3.8) is 0 Å². The van der Waals surface area contributed by atoms with E-state index in [1.165, 1.54) is 32.5 Å². The molecule has 3 aromatic carbocycles. The second-order valence-corrected chi connectivity index (χ2v) is 7.77. The molecule has 0 N–H and O–H groups in total. The summed E-state index contributed by atoms with van der Waals surface area (Å²) in [6.45, 7) is 3.99. The van der Waals surface area contributed by atoms with Crippen LogP contribution in [0.1, 0.15) is 28.4 Å². The largest absolute Gasteiger partial charge is 0.493 e. The van der Waals surface area contributed by atoms with E-state index >= 15 is 0 Å². The Morgan fingerprint density at radius 1 is 0.788 bits per heavy atom. The van der Waals surface area contributed by atoms with Gasteiger partial charge >= 0.3 is 5.97 Å². The average Bonchev–Trinajstić information content (AvgIpc) is 2.84. The van der Waals surface area contributed by atoms with Crippen molar-refractivity contribution in [1.82, 2.24) is 4.90 Å². The van der Waals surface area contributed by atoms with Gasteiger partial charge in [0.2, 0.25) is 5.75 Å². The zero-order chi connectivity index (χ0) is 23.6. The number of nitrogens with zero attached hydrogens (tertiary/aromatic N) is 1. The van der Waals surface area contributed by atoms with Gasteiger partial charge in [-0.15, -0.1) is 0 Å². The summed E-state index contributed by atoms with van der Waals surface area (Å²) in [5, 5.41) is 0. The third kappa shape index (κ3) is 6.73. The minimum absolute atomic E-state index is 0.330. The van der Waals surface area contributed by atoms with Gasteiger partial charge in [0.25, 0.3) is 0 Å². The summed E-state index contributed by atoms with van der Waals surface area (Å²) < 4.78 is 21.8. The van der Waals surface area contributed by atoms with E-state index in [1.54, 1.807) is 12.1 Å². The summed E-state index contributed by atoms with van der Waals surface area (Å²) in [6.07, 6.45) is -0.330. The molecule has 0 aliphatic rings. The SMILES string of the molecule is COc1cc(C(=O)OC(C)CN(Cc2ccccc2)Cc2ccccc2)cc(OC)c1OC. The highest BCUT2D eigenvalue weighted by atomic mass is 16.5. The predicted octanol–water partition coefficient (Wildman–Crippen LogP) is 4.96. The van der Waals surface area contributed by atoms with Gasteiger partial charge in [-0.25, -0.2) is 4.79 Å². The van der Waals surface area contributed by atoms with Crippen LogP contribution in [0.2, 0.25) is 0 Å². The van der Waals surface area contributed by atoms with Crippen LogP contribution < -0.4 is 14.2 Å². The topological polar surface area (TPSA) is 57.2 Å². The maximum Gasteiger partial charge on any atom is 0.338 e. The standard InChI is InChI=1S/C27H31NO5/c1-20(33-27(29)23-15-24(30-2)26(32-4)25(16-23)31-3)17-28(18-21-11-7-5-8-12-21)19-22-13-9-6-10-14-22/h5-16,20H,17-19H2,1-4H3. The minimum Gasteiger partial charge on any atom is -0.493 e. The number of methoxy groups -OCH3 is 3. The molecule has 3 rings (SSSR count). The summed E-state index contributed by atoms with van der Waals surface area (Å²) >= 11 is 0. The normalized spacial score (nSPS) is 11.7. The van der Waals surface area contributed by atoms with Gasteiger partial charge in [-0.05, 0) is 30.2 Å². The molecule has 1 atom stereocenters. The van der Waals surface area contributed by atoms with Crippen molar-refractivity contribution in [2.75, 3.05) is 27.9 Å². The number of hydrogen-bond donors (Lipinski definition) is 0. The van der Waals surface area contributed by atoms with Crippen LogP contribution in [0.3, 0.4) is 0 Å². The Morgan fingerprint density at radius 3 is 1.70 bits per heavy atom. The van der Waals surface area contributed by atoms with Crippen LogP contribution in [0.25, 0.3) is 0 Å². The molecule has 0 saturated carbocycles. The van der Waals surface area contributed by atoms with Gasteiger partial charge in [0.1, 0.15) is 6.10 Å². The van der Waals surface area contributed by atoms with Crippen molar-refractivity contribution in [2.45, 2.75) is 26.1 Å². The highest BCUT2D eigenvalue weighted by Gasteiger charge is 2.21. The summed E-state index contributed by atoms with van der Waals surface area (Å²) in [5.74, 6) is 0.806. The molecule has 0 aliphatic carbocycles. The Labute approximate surface area is 195 Å². The lowest BCUT2D eigenvalue weighted by Gasteiger charge is -2.26. The van der Waals surface area contributed by atoms with Gasteiger partial charge in [0.05, 0.1) is 26.9 Å². The first-order valence-electron chi connectivity index (χ1n) is 10.8. The van der Waals surface area contributed by atoms with Crippen LogP contribution >= 0.6 is 0 Å². The molecule has 0 saturated heterocycles. The molecule has 0 aliphatic heterocycles. The molecule has 0 fully saturated rings. The highest BCUT2D eigenvalue weighted by molar-refractivity contribution is 5.91. The molecule has 0 radical (unpaired) electrons. The lowest BCUT2D eigenvalue weighted by molar-refractivity contribution is 0.0236. The molecule has 6 heteroatoms. The van der Waals surface area contributed by atoms with E-state index in [1.807, 2.05) is 43.3 Å². The summed E-state index contributed by atoms with van der Waals surface area (Å²) in [7, 11) is 4.55. The Balaban J connectivity index is 1.72. The number of ether oxygens (including phenoxy) is 4. The highest BCUT2D eigenvalue weighted by Crippen LogP contribution is 2.38. The zero-order valence-corrected chi connectivity index (χ0v) is 19.6. The molecular weight excluding hydrogens is 418 g/mol. The van der Waals surface area contributed by atoms with Crippen molar-refractivity contribution in [1.29, 1.82) is 0 Å². The molecule has 0 amide bonds. The van der Waals surface area contributed by atoms with E-state index in [2.05, 4.69) is 29.2 Å². The van der Waals surface area contributed by atoms with Crippen LogP contribution in [-0.4, -0.2) is 44.8 Å². The van der Waals surface area contributed by atoms with E-state index < -0.39 is 5.97 Å². The molecule has 174 valence electrons. The molecule has 0 bridgehead atoms. The monoisotopic (exact) mass is 449 g/mol. The molecule has 0 aromatic heterocycles. The Bertz CT molecular complexity index is 957. The fraction of sp³-hybridized carbons (Fsp3) is 0.296. The summed E-state index contributed by atoms with van der Waals surface area (Å²) in [6, 6.07) is 23.7. The molecule has 0 spiro atoms. The third-order valence-corrected chi connectivity index (χ3v) is 5.22. The quantitative estimate of drug-likeness (QED) is 0.386. The number of benzene rings is 3. The molecular formula is C27H31NO5. The average molecular weight is 450 g/mol. The number of carbonyl (C=O) groups excluding carboxylic acids is 1. The number of carbonyl (C=O) groups is 1. The Kier molecular flexibility index (Phi) is 8.72. The zero-order valence-electron chi connectivity index (χ0n) is 19.6. The van der Waals surface area contributed by atoms with Gasteiger partial charge in [-0.1, -0.05) is 60.7 Å². The number of esters is 1. The maximum absolute atomic E-state index is 12.9. The second kappa shape index (κ2) is 11.9. The smallest absolute Gasteiger partial charge is 0.338 e. The first kappa shape index (κ1) is 24.1. The Morgan fingerprint density at radius 2 is 1.27 bits per heavy atom. The molecule has 0 heterocycles. The molecule has 6 nitrogen and oxygen atoms in total.